The van der Waals surface area contributed by atoms with Gasteiger partial charge < -0.3 is 15.2 Å². The van der Waals surface area contributed by atoms with Crippen molar-refractivity contribution in [2.24, 2.45) is 0 Å². The minimum absolute atomic E-state index is 0.0768. The molecule has 0 fully saturated rings. The number of rotatable bonds is 5. The highest BCUT2D eigenvalue weighted by Gasteiger charge is 2.22. The Bertz CT molecular complexity index is 485. The maximum atomic E-state index is 12.0. The summed E-state index contributed by atoms with van der Waals surface area (Å²) in [5.41, 5.74) is 2.62. The van der Waals surface area contributed by atoms with Crippen LogP contribution >= 0.6 is 0 Å². The summed E-state index contributed by atoms with van der Waals surface area (Å²) in [6.45, 7) is 9.69. The molecular formula is C17H29N3O. The standard InChI is InChI=1S/C17H29N3O/c1-5-9-18-15-8-6-7-13-10-20(11-14(13)15)12-16(21)19-17(2,3)4/h10-11,15,18H,5-9,12H2,1-4H3,(H,19,21). The van der Waals surface area contributed by atoms with Gasteiger partial charge in [0.05, 0.1) is 0 Å². The van der Waals surface area contributed by atoms with Gasteiger partial charge in [-0.25, -0.2) is 0 Å². The number of aromatic nitrogens is 1. The van der Waals surface area contributed by atoms with Gasteiger partial charge in [-0.2, -0.15) is 0 Å². The Balaban J connectivity index is 2.03. The molecule has 1 heterocycles. The number of carbonyl (C=O) groups is 1. The molecule has 1 aliphatic carbocycles. The fourth-order valence-electron chi connectivity index (χ4n) is 2.99. The van der Waals surface area contributed by atoms with E-state index in [1.807, 2.05) is 25.3 Å². The molecule has 2 rings (SSSR count). The van der Waals surface area contributed by atoms with Crippen LogP contribution in [0.15, 0.2) is 12.4 Å². The van der Waals surface area contributed by atoms with E-state index in [0.717, 1.165) is 19.4 Å². The van der Waals surface area contributed by atoms with Crippen LogP contribution in [0.1, 0.15) is 64.1 Å². The Morgan fingerprint density at radius 2 is 2.14 bits per heavy atom. The lowest BCUT2D eigenvalue weighted by atomic mass is 9.91. The lowest BCUT2D eigenvalue weighted by Crippen LogP contribution is -2.42. The van der Waals surface area contributed by atoms with Crippen LogP contribution in [0, 0.1) is 0 Å². The summed E-state index contributed by atoms with van der Waals surface area (Å²) in [7, 11) is 0. The van der Waals surface area contributed by atoms with E-state index in [1.54, 1.807) is 0 Å². The van der Waals surface area contributed by atoms with Gasteiger partial charge in [-0.15, -0.1) is 0 Å². The number of fused-ring (bicyclic) bond motifs is 1. The molecule has 118 valence electrons. The first kappa shape index (κ1) is 16.1. The number of hydrogen-bond donors (Lipinski definition) is 2. The van der Waals surface area contributed by atoms with Crippen LogP contribution in [0.5, 0.6) is 0 Å². The number of carbonyl (C=O) groups excluding carboxylic acids is 1. The zero-order chi connectivity index (χ0) is 15.5. The third kappa shape index (κ3) is 4.60. The molecule has 0 spiro atoms. The van der Waals surface area contributed by atoms with Crippen LogP contribution < -0.4 is 10.6 Å². The average Bonchev–Trinajstić information content (AvgIpc) is 2.76. The van der Waals surface area contributed by atoms with Crippen molar-refractivity contribution in [1.29, 1.82) is 0 Å². The molecule has 2 N–H and O–H groups in total. The van der Waals surface area contributed by atoms with Crippen molar-refractivity contribution < 1.29 is 4.79 Å². The second-order valence-corrected chi connectivity index (χ2v) is 7.11. The van der Waals surface area contributed by atoms with E-state index in [-0.39, 0.29) is 11.4 Å². The van der Waals surface area contributed by atoms with Crippen molar-refractivity contribution in [2.45, 2.75) is 71.5 Å². The molecule has 1 aromatic rings. The van der Waals surface area contributed by atoms with Crippen molar-refractivity contribution in [3.63, 3.8) is 0 Å². The number of nitrogens with one attached hydrogen (secondary N) is 2. The third-order valence-electron chi connectivity index (χ3n) is 3.79. The van der Waals surface area contributed by atoms with Crippen LogP contribution in [0.4, 0.5) is 0 Å². The van der Waals surface area contributed by atoms with Gasteiger partial charge >= 0.3 is 0 Å². The Kier molecular flexibility index (Phi) is 5.09. The van der Waals surface area contributed by atoms with Crippen LogP contribution in [-0.4, -0.2) is 22.6 Å². The van der Waals surface area contributed by atoms with E-state index >= 15 is 0 Å². The summed E-state index contributed by atoms with van der Waals surface area (Å²) in [6, 6.07) is 0.459. The molecule has 1 unspecified atom stereocenters. The molecule has 0 radical (unpaired) electrons. The molecule has 4 nitrogen and oxygen atoms in total. The van der Waals surface area contributed by atoms with Crippen molar-refractivity contribution >= 4 is 5.91 Å². The first-order valence-electron chi connectivity index (χ1n) is 8.12. The van der Waals surface area contributed by atoms with E-state index in [1.165, 1.54) is 24.0 Å². The smallest absolute Gasteiger partial charge is 0.240 e. The zero-order valence-corrected chi connectivity index (χ0v) is 13.8. The highest BCUT2D eigenvalue weighted by atomic mass is 16.2. The second kappa shape index (κ2) is 6.65. The molecule has 1 aromatic heterocycles. The van der Waals surface area contributed by atoms with Gasteiger partial charge in [0.25, 0.3) is 0 Å². The predicted molar refractivity (Wildman–Crippen MR) is 86.3 cm³/mol. The lowest BCUT2D eigenvalue weighted by Gasteiger charge is -2.23. The fourth-order valence-corrected chi connectivity index (χ4v) is 2.99. The number of hydrogen-bond acceptors (Lipinski definition) is 2. The summed E-state index contributed by atoms with van der Waals surface area (Å²) in [5.74, 6) is 0.0768. The number of nitrogens with zero attached hydrogens (tertiary/aromatic N) is 1. The van der Waals surface area contributed by atoms with Crippen molar-refractivity contribution in [3.05, 3.63) is 23.5 Å². The van der Waals surface area contributed by atoms with Gasteiger partial charge in [-0.3, -0.25) is 4.79 Å². The maximum Gasteiger partial charge on any atom is 0.240 e. The van der Waals surface area contributed by atoms with E-state index in [0.29, 0.717) is 12.6 Å². The molecule has 0 bridgehead atoms. The predicted octanol–water partition coefficient (Wildman–Crippen LogP) is 2.78. The lowest BCUT2D eigenvalue weighted by molar-refractivity contribution is -0.123. The minimum Gasteiger partial charge on any atom is -0.350 e. The van der Waals surface area contributed by atoms with Gasteiger partial charge in [0, 0.05) is 24.0 Å². The van der Waals surface area contributed by atoms with Gasteiger partial charge in [-0.1, -0.05) is 6.92 Å². The van der Waals surface area contributed by atoms with Gasteiger partial charge in [-0.05, 0) is 64.1 Å². The quantitative estimate of drug-likeness (QED) is 0.876. The van der Waals surface area contributed by atoms with E-state index in [2.05, 4.69) is 30.0 Å². The molecule has 1 aliphatic rings. The molecule has 0 aromatic carbocycles. The first-order valence-corrected chi connectivity index (χ1v) is 8.12. The van der Waals surface area contributed by atoms with Crippen LogP contribution in [-0.2, 0) is 17.8 Å². The maximum absolute atomic E-state index is 12.0. The zero-order valence-electron chi connectivity index (χ0n) is 13.8. The van der Waals surface area contributed by atoms with Gasteiger partial charge in [0.15, 0.2) is 0 Å². The van der Waals surface area contributed by atoms with E-state index in [9.17, 15) is 4.79 Å². The Hall–Kier alpha value is -1.29. The molecule has 1 amide bonds. The summed E-state index contributed by atoms with van der Waals surface area (Å²) in [6.07, 6.45) is 9.02. The second-order valence-electron chi connectivity index (χ2n) is 7.11. The van der Waals surface area contributed by atoms with Crippen LogP contribution in [0.2, 0.25) is 0 Å². The summed E-state index contributed by atoms with van der Waals surface area (Å²) in [4.78, 5) is 12.0. The van der Waals surface area contributed by atoms with Crippen molar-refractivity contribution in [3.8, 4) is 0 Å². The summed E-state index contributed by atoms with van der Waals surface area (Å²) < 4.78 is 2.04. The molecule has 4 heteroatoms. The average molecular weight is 291 g/mol. The molecule has 0 aliphatic heterocycles. The van der Waals surface area contributed by atoms with Gasteiger partial charge in [0.2, 0.25) is 5.91 Å². The Morgan fingerprint density at radius 1 is 1.38 bits per heavy atom. The molecular weight excluding hydrogens is 262 g/mol. The van der Waals surface area contributed by atoms with Gasteiger partial charge in [0.1, 0.15) is 6.54 Å². The van der Waals surface area contributed by atoms with Crippen LogP contribution in [0.3, 0.4) is 0 Å². The number of aryl methyl sites for hydroxylation is 1. The molecule has 21 heavy (non-hydrogen) atoms. The van der Waals surface area contributed by atoms with Crippen molar-refractivity contribution in [2.75, 3.05) is 6.54 Å². The van der Waals surface area contributed by atoms with Crippen molar-refractivity contribution in [1.82, 2.24) is 15.2 Å². The molecule has 0 saturated heterocycles. The minimum atomic E-state index is -0.172. The molecule has 0 saturated carbocycles. The first-order chi connectivity index (χ1) is 9.89. The van der Waals surface area contributed by atoms with E-state index < -0.39 is 0 Å². The highest BCUT2D eigenvalue weighted by molar-refractivity contribution is 5.76. The summed E-state index contributed by atoms with van der Waals surface area (Å²) >= 11 is 0. The normalized spacial score (nSPS) is 18.4. The topological polar surface area (TPSA) is 46.1 Å². The largest absolute Gasteiger partial charge is 0.350 e. The monoisotopic (exact) mass is 291 g/mol. The summed E-state index contributed by atoms with van der Waals surface area (Å²) in [5, 5.41) is 6.64. The van der Waals surface area contributed by atoms with E-state index in [4.69, 9.17) is 0 Å². The molecule has 1 atom stereocenters. The highest BCUT2D eigenvalue weighted by Crippen LogP contribution is 2.30. The number of amides is 1. The SMILES string of the molecule is CCCNC1CCCc2cn(CC(=O)NC(C)(C)C)cc21. The fraction of sp³-hybridized carbons (Fsp3) is 0.706. The Labute approximate surface area is 128 Å². The Morgan fingerprint density at radius 3 is 2.81 bits per heavy atom. The third-order valence-corrected chi connectivity index (χ3v) is 3.79. The van der Waals surface area contributed by atoms with Crippen LogP contribution in [0.25, 0.3) is 0 Å².